The van der Waals surface area contributed by atoms with Crippen LogP contribution in [-0.4, -0.2) is 17.5 Å². The zero-order chi connectivity index (χ0) is 13.2. The lowest BCUT2D eigenvalue weighted by Gasteiger charge is -2.20. The number of nitrogens with zero attached hydrogens (tertiary/aromatic N) is 1. The summed E-state index contributed by atoms with van der Waals surface area (Å²) in [5.41, 5.74) is 1.79. The summed E-state index contributed by atoms with van der Waals surface area (Å²) >= 11 is 0. The van der Waals surface area contributed by atoms with E-state index in [1.807, 2.05) is 12.1 Å². The highest BCUT2D eigenvalue weighted by Gasteiger charge is 2.41. The average molecular weight is 248 g/mol. The van der Waals surface area contributed by atoms with Gasteiger partial charge in [-0.05, 0) is 43.7 Å². The largest absolute Gasteiger partial charge is 0.313 e. The van der Waals surface area contributed by atoms with Crippen LogP contribution in [0, 0.1) is 15.5 Å². The zero-order valence-corrected chi connectivity index (χ0v) is 11.0. The Hall–Kier alpha value is -1.42. The van der Waals surface area contributed by atoms with E-state index >= 15 is 0 Å². The van der Waals surface area contributed by atoms with Gasteiger partial charge >= 0.3 is 0 Å². The fourth-order valence-electron chi connectivity index (χ4n) is 2.09. The van der Waals surface area contributed by atoms with Gasteiger partial charge in [-0.25, -0.2) is 0 Å². The highest BCUT2D eigenvalue weighted by atomic mass is 16.6. The van der Waals surface area contributed by atoms with Crippen LogP contribution in [0.5, 0.6) is 0 Å². The molecule has 0 amide bonds. The van der Waals surface area contributed by atoms with Crippen molar-refractivity contribution in [1.82, 2.24) is 5.32 Å². The van der Waals surface area contributed by atoms with Crippen molar-refractivity contribution >= 4 is 5.69 Å². The molecule has 0 radical (unpaired) electrons. The molecule has 0 saturated heterocycles. The Morgan fingerprint density at radius 1 is 1.39 bits per heavy atom. The van der Waals surface area contributed by atoms with E-state index in [9.17, 15) is 10.1 Å². The smallest absolute Gasteiger partial charge is 0.269 e. The molecule has 98 valence electrons. The first kappa shape index (κ1) is 13.0. The zero-order valence-electron chi connectivity index (χ0n) is 11.0. The van der Waals surface area contributed by atoms with Crippen LogP contribution >= 0.6 is 0 Å². The summed E-state index contributed by atoms with van der Waals surface area (Å²) in [6.45, 7) is 5.48. The second kappa shape index (κ2) is 5.06. The molecular weight excluding hydrogens is 228 g/mol. The van der Waals surface area contributed by atoms with Crippen LogP contribution in [0.25, 0.3) is 0 Å². The Balaban J connectivity index is 1.78. The number of nitro benzene ring substituents is 1. The molecule has 18 heavy (non-hydrogen) atoms. The lowest BCUT2D eigenvalue weighted by atomic mass is 10.0. The predicted molar refractivity (Wildman–Crippen MR) is 71.6 cm³/mol. The van der Waals surface area contributed by atoms with Crippen molar-refractivity contribution in [2.75, 3.05) is 6.54 Å². The van der Waals surface area contributed by atoms with E-state index in [1.165, 1.54) is 12.8 Å². The van der Waals surface area contributed by atoms with Crippen molar-refractivity contribution in [2.24, 2.45) is 5.41 Å². The first-order chi connectivity index (χ1) is 8.51. The second-order valence-electron chi connectivity index (χ2n) is 5.50. The van der Waals surface area contributed by atoms with E-state index in [2.05, 4.69) is 19.2 Å². The van der Waals surface area contributed by atoms with E-state index < -0.39 is 0 Å². The van der Waals surface area contributed by atoms with Gasteiger partial charge in [0.05, 0.1) is 4.92 Å². The molecule has 1 aliphatic rings. The molecule has 1 saturated carbocycles. The third kappa shape index (κ3) is 3.07. The minimum Gasteiger partial charge on any atom is -0.313 e. The van der Waals surface area contributed by atoms with E-state index in [4.69, 9.17) is 0 Å². The number of hydrogen-bond acceptors (Lipinski definition) is 3. The first-order valence-corrected chi connectivity index (χ1v) is 6.48. The maximum absolute atomic E-state index is 10.5. The number of nitrogens with one attached hydrogen (secondary N) is 1. The van der Waals surface area contributed by atoms with Crippen LogP contribution in [0.1, 0.15) is 32.3 Å². The number of hydrogen-bond donors (Lipinski definition) is 1. The van der Waals surface area contributed by atoms with Gasteiger partial charge in [-0.2, -0.15) is 0 Å². The molecule has 1 aliphatic carbocycles. The minimum absolute atomic E-state index is 0.158. The molecule has 1 aromatic rings. The molecular formula is C14H20N2O2. The van der Waals surface area contributed by atoms with Gasteiger partial charge in [0.2, 0.25) is 0 Å². The number of rotatable bonds is 6. The van der Waals surface area contributed by atoms with Gasteiger partial charge in [0.15, 0.2) is 0 Å². The van der Waals surface area contributed by atoms with Crippen molar-refractivity contribution in [3.8, 4) is 0 Å². The van der Waals surface area contributed by atoms with E-state index in [-0.39, 0.29) is 10.6 Å². The van der Waals surface area contributed by atoms with Crippen LogP contribution in [0.2, 0.25) is 0 Å². The topological polar surface area (TPSA) is 55.2 Å². The molecule has 0 spiro atoms. The van der Waals surface area contributed by atoms with Crippen molar-refractivity contribution < 1.29 is 4.92 Å². The normalized spacial score (nSPS) is 18.3. The summed E-state index contributed by atoms with van der Waals surface area (Å²) < 4.78 is 0. The molecule has 1 aromatic carbocycles. The quantitative estimate of drug-likeness (QED) is 0.622. The van der Waals surface area contributed by atoms with Gasteiger partial charge in [-0.3, -0.25) is 10.1 Å². The third-order valence-electron chi connectivity index (χ3n) is 4.10. The second-order valence-corrected chi connectivity index (χ2v) is 5.50. The predicted octanol–water partition coefficient (Wildman–Crippen LogP) is 2.92. The summed E-state index contributed by atoms with van der Waals surface area (Å²) in [4.78, 5) is 10.2. The van der Waals surface area contributed by atoms with Crippen molar-refractivity contribution in [1.29, 1.82) is 0 Å². The van der Waals surface area contributed by atoms with E-state index in [0.717, 1.165) is 18.5 Å². The minimum atomic E-state index is -0.363. The van der Waals surface area contributed by atoms with Gasteiger partial charge in [0.1, 0.15) is 0 Å². The molecule has 1 fully saturated rings. The first-order valence-electron chi connectivity index (χ1n) is 6.48. The van der Waals surface area contributed by atoms with Gasteiger partial charge < -0.3 is 5.32 Å². The standard InChI is InChI=1S/C14H20N2O2/c1-11(14(2)8-9-14)15-10-7-12-3-5-13(6-4-12)16(17)18/h3-6,11,15H,7-10H2,1-2H3. The van der Waals surface area contributed by atoms with Crippen molar-refractivity contribution in [3.63, 3.8) is 0 Å². The van der Waals surface area contributed by atoms with Crippen molar-refractivity contribution in [2.45, 2.75) is 39.2 Å². The van der Waals surface area contributed by atoms with Crippen LogP contribution in [0.3, 0.4) is 0 Å². The van der Waals surface area contributed by atoms with Crippen LogP contribution in [-0.2, 0) is 6.42 Å². The van der Waals surface area contributed by atoms with Gasteiger partial charge in [0.25, 0.3) is 5.69 Å². The molecule has 0 heterocycles. The van der Waals surface area contributed by atoms with Gasteiger partial charge in [-0.1, -0.05) is 19.1 Å². The Kier molecular flexibility index (Phi) is 3.66. The summed E-state index contributed by atoms with van der Waals surface area (Å²) in [7, 11) is 0. The summed E-state index contributed by atoms with van der Waals surface area (Å²) in [5.74, 6) is 0. The molecule has 1 N–H and O–H groups in total. The summed E-state index contributed by atoms with van der Waals surface area (Å²) in [6, 6.07) is 7.37. The average Bonchev–Trinajstić information content (AvgIpc) is 3.09. The molecule has 0 aromatic heterocycles. The highest BCUT2D eigenvalue weighted by Crippen LogP contribution is 2.47. The van der Waals surface area contributed by atoms with Crippen molar-refractivity contribution in [3.05, 3.63) is 39.9 Å². The molecule has 1 unspecified atom stereocenters. The van der Waals surface area contributed by atoms with Gasteiger partial charge in [-0.15, -0.1) is 0 Å². The molecule has 0 bridgehead atoms. The highest BCUT2D eigenvalue weighted by molar-refractivity contribution is 5.32. The Bertz CT molecular complexity index is 424. The lowest BCUT2D eigenvalue weighted by molar-refractivity contribution is -0.384. The van der Waals surface area contributed by atoms with Crippen LogP contribution in [0.15, 0.2) is 24.3 Å². The summed E-state index contributed by atoms with van der Waals surface area (Å²) in [5, 5.41) is 14.1. The number of benzene rings is 1. The maximum Gasteiger partial charge on any atom is 0.269 e. The fourth-order valence-corrected chi connectivity index (χ4v) is 2.09. The van der Waals surface area contributed by atoms with E-state index in [1.54, 1.807) is 12.1 Å². The maximum atomic E-state index is 10.5. The molecule has 4 heteroatoms. The Labute approximate surface area is 108 Å². The molecule has 1 atom stereocenters. The van der Waals surface area contributed by atoms with Crippen LogP contribution < -0.4 is 5.32 Å². The molecule has 2 rings (SSSR count). The number of nitro groups is 1. The monoisotopic (exact) mass is 248 g/mol. The van der Waals surface area contributed by atoms with E-state index in [0.29, 0.717) is 11.5 Å². The molecule has 4 nitrogen and oxygen atoms in total. The lowest BCUT2D eigenvalue weighted by Crippen LogP contribution is -2.34. The number of non-ortho nitro benzene ring substituents is 1. The Morgan fingerprint density at radius 3 is 2.50 bits per heavy atom. The SMILES string of the molecule is CC(NCCc1ccc([N+](=O)[O-])cc1)C1(C)CC1. The van der Waals surface area contributed by atoms with Crippen LogP contribution in [0.4, 0.5) is 5.69 Å². The van der Waals surface area contributed by atoms with Gasteiger partial charge in [0, 0.05) is 18.2 Å². The Morgan fingerprint density at radius 2 is 2.00 bits per heavy atom. The fraction of sp³-hybridized carbons (Fsp3) is 0.571. The summed E-state index contributed by atoms with van der Waals surface area (Å²) in [6.07, 6.45) is 3.55. The molecule has 0 aliphatic heterocycles. The third-order valence-corrected chi connectivity index (χ3v) is 4.10.